The van der Waals surface area contributed by atoms with Crippen LogP contribution in [0.5, 0.6) is 11.5 Å². The number of carbonyl (C=O) groups excluding carboxylic acids is 2. The number of likely N-dealkylation sites (N-methyl/N-ethyl adjacent to an activating group) is 1. The zero-order valence-corrected chi connectivity index (χ0v) is 15.2. The van der Waals surface area contributed by atoms with Crippen LogP contribution in [0, 0.1) is 11.3 Å². The first-order valence-electron chi connectivity index (χ1n) is 8.13. The lowest BCUT2D eigenvalue weighted by molar-refractivity contribution is -0.128. The largest absolute Gasteiger partial charge is 0.482 e. The van der Waals surface area contributed by atoms with Gasteiger partial charge in [-0.15, -0.1) is 0 Å². The zero-order chi connectivity index (χ0) is 19.4. The van der Waals surface area contributed by atoms with Crippen LogP contribution in [0.2, 0.25) is 5.02 Å². The second-order valence-corrected chi connectivity index (χ2v) is 6.15. The normalized spacial score (nSPS) is 15.1. The summed E-state index contributed by atoms with van der Waals surface area (Å²) in [6.07, 6.45) is -0.813. The highest BCUT2D eigenvalue weighted by molar-refractivity contribution is 6.32. The van der Waals surface area contributed by atoms with Gasteiger partial charge >= 0.3 is 0 Å². The molecule has 0 bridgehead atoms. The highest BCUT2D eigenvalue weighted by atomic mass is 35.5. The second kappa shape index (κ2) is 7.98. The topological polar surface area (TPSA) is 91.7 Å². The summed E-state index contributed by atoms with van der Waals surface area (Å²) >= 11 is 6.07. The van der Waals surface area contributed by atoms with E-state index in [1.165, 1.54) is 24.1 Å². The van der Waals surface area contributed by atoms with Crippen LogP contribution in [-0.2, 0) is 9.59 Å². The number of amides is 2. The lowest BCUT2D eigenvalue weighted by atomic mass is 10.1. The molecule has 0 aromatic heterocycles. The van der Waals surface area contributed by atoms with E-state index < -0.39 is 6.10 Å². The molecule has 1 N–H and O–H groups in total. The third-order valence-electron chi connectivity index (χ3n) is 4.03. The molecule has 0 saturated heterocycles. The molecule has 7 nitrogen and oxygen atoms in total. The molecule has 27 heavy (non-hydrogen) atoms. The summed E-state index contributed by atoms with van der Waals surface area (Å²) in [6.45, 7) is -0.208. The van der Waals surface area contributed by atoms with Crippen LogP contribution in [0.4, 0.5) is 5.69 Å². The van der Waals surface area contributed by atoms with Crippen molar-refractivity contribution in [3.8, 4) is 17.6 Å². The molecule has 3 rings (SSSR count). The molecule has 0 radical (unpaired) electrons. The van der Waals surface area contributed by atoms with E-state index in [1.807, 2.05) is 6.07 Å². The molecule has 1 aliphatic rings. The molecule has 138 valence electrons. The summed E-state index contributed by atoms with van der Waals surface area (Å²) in [5.74, 6) is 0.0777. The Kier molecular flexibility index (Phi) is 5.48. The summed E-state index contributed by atoms with van der Waals surface area (Å²) in [4.78, 5) is 26.2. The molecule has 1 aliphatic heterocycles. The van der Waals surface area contributed by atoms with Gasteiger partial charge in [0.1, 0.15) is 11.5 Å². The van der Waals surface area contributed by atoms with Crippen LogP contribution in [0.3, 0.4) is 0 Å². The van der Waals surface area contributed by atoms with Crippen molar-refractivity contribution in [2.24, 2.45) is 0 Å². The van der Waals surface area contributed by atoms with Crippen molar-refractivity contribution < 1.29 is 19.1 Å². The van der Waals surface area contributed by atoms with E-state index in [9.17, 15) is 9.59 Å². The number of rotatable bonds is 4. The number of benzene rings is 2. The van der Waals surface area contributed by atoms with Crippen molar-refractivity contribution >= 4 is 29.1 Å². The van der Waals surface area contributed by atoms with Gasteiger partial charge in [-0.2, -0.15) is 5.26 Å². The fourth-order valence-corrected chi connectivity index (χ4v) is 2.91. The monoisotopic (exact) mass is 385 g/mol. The molecule has 2 aromatic carbocycles. The van der Waals surface area contributed by atoms with E-state index in [0.717, 1.165) is 0 Å². The maximum absolute atomic E-state index is 12.7. The van der Waals surface area contributed by atoms with Crippen molar-refractivity contribution in [1.82, 2.24) is 5.32 Å². The number of hydrogen-bond acceptors (Lipinski definition) is 5. The lowest BCUT2D eigenvalue weighted by Gasteiger charge is -2.33. The molecule has 0 aliphatic carbocycles. The van der Waals surface area contributed by atoms with E-state index in [0.29, 0.717) is 22.7 Å². The first-order valence-corrected chi connectivity index (χ1v) is 8.51. The summed E-state index contributed by atoms with van der Waals surface area (Å²) in [5, 5.41) is 11.6. The zero-order valence-electron chi connectivity index (χ0n) is 14.4. The van der Waals surface area contributed by atoms with Gasteiger partial charge in [0, 0.05) is 7.05 Å². The minimum atomic E-state index is -0.813. The second-order valence-electron chi connectivity index (χ2n) is 5.74. The van der Waals surface area contributed by atoms with Crippen LogP contribution in [0.1, 0.15) is 5.56 Å². The molecule has 1 heterocycles. The van der Waals surface area contributed by atoms with Gasteiger partial charge in [-0.3, -0.25) is 9.59 Å². The Balaban J connectivity index is 1.77. The Morgan fingerprint density at radius 2 is 2.15 bits per heavy atom. The Bertz CT molecular complexity index is 925. The Hall–Kier alpha value is -3.24. The minimum absolute atomic E-state index is 0.0694. The molecule has 0 fully saturated rings. The molecule has 2 amide bonds. The van der Waals surface area contributed by atoms with Crippen LogP contribution in [-0.4, -0.2) is 38.1 Å². The highest BCUT2D eigenvalue weighted by Crippen LogP contribution is 2.33. The van der Waals surface area contributed by atoms with Crippen molar-refractivity contribution in [3.05, 3.63) is 53.1 Å². The standard InChI is InChI=1S/C19H16ClN3O4/c1-22-19(25)17-10-23(14-4-2-3-5-16(14)27-17)18(24)11-26-15-7-6-12(9-21)8-13(15)20/h2-8,17H,10-11H2,1H3,(H,22,25). The first kappa shape index (κ1) is 18.5. The first-order chi connectivity index (χ1) is 13.0. The molecule has 2 aromatic rings. The average molecular weight is 386 g/mol. The Morgan fingerprint density at radius 1 is 1.37 bits per heavy atom. The molecule has 1 unspecified atom stereocenters. The van der Waals surface area contributed by atoms with Gasteiger partial charge in [-0.1, -0.05) is 23.7 Å². The molecular weight excluding hydrogens is 370 g/mol. The molecule has 0 spiro atoms. The van der Waals surface area contributed by atoms with E-state index in [1.54, 1.807) is 30.3 Å². The maximum atomic E-state index is 12.7. The van der Waals surface area contributed by atoms with Crippen molar-refractivity contribution in [2.75, 3.05) is 25.1 Å². The number of carbonyl (C=O) groups is 2. The third-order valence-corrected chi connectivity index (χ3v) is 4.32. The third kappa shape index (κ3) is 3.96. The summed E-state index contributed by atoms with van der Waals surface area (Å²) in [5.41, 5.74) is 0.964. The predicted molar refractivity (Wildman–Crippen MR) is 98.9 cm³/mol. The quantitative estimate of drug-likeness (QED) is 0.870. The highest BCUT2D eigenvalue weighted by Gasteiger charge is 2.33. The van der Waals surface area contributed by atoms with Gasteiger partial charge in [0.2, 0.25) is 0 Å². The number of nitrogens with zero attached hydrogens (tertiary/aromatic N) is 2. The van der Waals surface area contributed by atoms with Crippen molar-refractivity contribution in [2.45, 2.75) is 6.10 Å². The summed E-state index contributed by atoms with van der Waals surface area (Å²) in [6, 6.07) is 13.5. The smallest absolute Gasteiger partial charge is 0.265 e. The average Bonchev–Trinajstić information content (AvgIpc) is 2.71. The van der Waals surface area contributed by atoms with Gasteiger partial charge in [0.05, 0.1) is 28.9 Å². The number of ether oxygens (including phenoxy) is 2. The fourth-order valence-electron chi connectivity index (χ4n) is 2.67. The minimum Gasteiger partial charge on any atom is -0.482 e. The number of fused-ring (bicyclic) bond motifs is 1. The van der Waals surface area contributed by atoms with Gasteiger partial charge in [-0.25, -0.2) is 0 Å². The van der Waals surface area contributed by atoms with Crippen LogP contribution < -0.4 is 19.7 Å². The van der Waals surface area contributed by atoms with Gasteiger partial charge in [0.15, 0.2) is 12.7 Å². The van der Waals surface area contributed by atoms with Gasteiger partial charge in [0.25, 0.3) is 11.8 Å². The van der Waals surface area contributed by atoms with Crippen LogP contribution in [0.25, 0.3) is 0 Å². The van der Waals surface area contributed by atoms with Gasteiger partial charge < -0.3 is 19.7 Å². The fraction of sp³-hybridized carbons (Fsp3) is 0.211. The predicted octanol–water partition coefficient (Wildman–Crippen LogP) is 2.13. The molecule has 1 atom stereocenters. The lowest BCUT2D eigenvalue weighted by Crippen LogP contribution is -2.51. The Morgan fingerprint density at radius 3 is 2.85 bits per heavy atom. The van der Waals surface area contributed by atoms with E-state index in [2.05, 4.69) is 5.32 Å². The van der Waals surface area contributed by atoms with Crippen LogP contribution in [0.15, 0.2) is 42.5 Å². The molecular formula is C19H16ClN3O4. The Labute approximate surface area is 161 Å². The maximum Gasteiger partial charge on any atom is 0.265 e. The summed E-state index contributed by atoms with van der Waals surface area (Å²) < 4.78 is 11.2. The summed E-state index contributed by atoms with van der Waals surface area (Å²) in [7, 11) is 1.51. The number of hydrogen-bond donors (Lipinski definition) is 1. The number of anilines is 1. The molecule has 8 heteroatoms. The number of halogens is 1. The SMILES string of the molecule is CNC(=O)C1CN(C(=O)COc2ccc(C#N)cc2Cl)c2ccccc2O1. The molecule has 0 saturated carbocycles. The number of para-hydroxylation sites is 2. The van der Waals surface area contributed by atoms with Gasteiger partial charge in [-0.05, 0) is 30.3 Å². The van der Waals surface area contributed by atoms with Crippen LogP contribution >= 0.6 is 11.6 Å². The van der Waals surface area contributed by atoms with E-state index >= 15 is 0 Å². The van der Waals surface area contributed by atoms with E-state index in [4.69, 9.17) is 26.3 Å². The number of nitriles is 1. The van der Waals surface area contributed by atoms with Crippen molar-refractivity contribution in [1.29, 1.82) is 5.26 Å². The van der Waals surface area contributed by atoms with E-state index in [-0.39, 0.29) is 30.0 Å². The van der Waals surface area contributed by atoms with Crippen molar-refractivity contribution in [3.63, 3.8) is 0 Å². The number of nitrogens with one attached hydrogen (secondary N) is 1.